The molecule has 1 aliphatic heterocycles. The van der Waals surface area contributed by atoms with Gasteiger partial charge in [0.2, 0.25) is 0 Å². The van der Waals surface area contributed by atoms with Crippen LogP contribution in [0.1, 0.15) is 37.6 Å². The van der Waals surface area contributed by atoms with Gasteiger partial charge in [0.1, 0.15) is 0 Å². The Hall–Kier alpha value is -0.870. The summed E-state index contributed by atoms with van der Waals surface area (Å²) in [6, 6.07) is 0. The minimum atomic E-state index is 0.918. The number of thiazole rings is 1. The number of hydrogen-bond donors (Lipinski definition) is 0. The Kier molecular flexibility index (Phi) is 3.39. The average molecular weight is 263 g/mol. The SMILES string of the molecule is CCCC1CCN(Cc2c(C)nc3sccn23)C1. The summed E-state index contributed by atoms with van der Waals surface area (Å²) in [5, 5.41) is 2.12. The highest BCUT2D eigenvalue weighted by Gasteiger charge is 2.23. The maximum absolute atomic E-state index is 4.63. The fourth-order valence-corrected chi connectivity index (χ4v) is 3.82. The number of nitrogens with zero attached hydrogens (tertiary/aromatic N) is 3. The van der Waals surface area contributed by atoms with Crippen molar-refractivity contribution in [3.05, 3.63) is 23.0 Å². The third-order valence-corrected chi connectivity index (χ3v) is 4.76. The van der Waals surface area contributed by atoms with Gasteiger partial charge in [0, 0.05) is 24.7 Å². The van der Waals surface area contributed by atoms with Gasteiger partial charge in [-0.25, -0.2) is 4.98 Å². The maximum Gasteiger partial charge on any atom is 0.194 e. The average Bonchev–Trinajstić information content (AvgIpc) is 3.00. The minimum Gasteiger partial charge on any atom is -0.297 e. The Morgan fingerprint density at radius 1 is 1.50 bits per heavy atom. The zero-order chi connectivity index (χ0) is 12.5. The molecule has 0 N–H and O–H groups in total. The molecule has 98 valence electrons. The molecule has 3 nitrogen and oxygen atoms in total. The van der Waals surface area contributed by atoms with Gasteiger partial charge in [-0.15, -0.1) is 11.3 Å². The van der Waals surface area contributed by atoms with Gasteiger partial charge in [0.25, 0.3) is 0 Å². The molecule has 4 heteroatoms. The van der Waals surface area contributed by atoms with Crippen LogP contribution in [0.15, 0.2) is 11.6 Å². The van der Waals surface area contributed by atoms with E-state index in [0.29, 0.717) is 0 Å². The first-order valence-corrected chi connectivity index (χ1v) is 7.79. The van der Waals surface area contributed by atoms with Crippen LogP contribution in [-0.4, -0.2) is 27.4 Å². The van der Waals surface area contributed by atoms with E-state index in [0.717, 1.165) is 17.4 Å². The molecule has 1 unspecified atom stereocenters. The maximum atomic E-state index is 4.63. The predicted molar refractivity (Wildman–Crippen MR) is 76.1 cm³/mol. The Labute approximate surface area is 112 Å². The van der Waals surface area contributed by atoms with Crippen LogP contribution in [-0.2, 0) is 6.54 Å². The molecule has 1 fully saturated rings. The molecular formula is C14H21N3S. The van der Waals surface area contributed by atoms with Crippen LogP contribution >= 0.6 is 11.3 Å². The zero-order valence-corrected chi connectivity index (χ0v) is 12.0. The molecule has 2 aromatic heterocycles. The number of fused-ring (bicyclic) bond motifs is 1. The van der Waals surface area contributed by atoms with Crippen LogP contribution in [0.25, 0.3) is 4.96 Å². The van der Waals surface area contributed by atoms with Gasteiger partial charge in [-0.05, 0) is 32.2 Å². The standard InChI is InChI=1S/C14H21N3S/c1-3-4-12-5-6-16(9-12)10-13-11(2)15-14-17(13)7-8-18-14/h7-8,12H,3-6,9-10H2,1-2H3. The third kappa shape index (κ3) is 2.19. The molecule has 3 rings (SSSR count). The lowest BCUT2D eigenvalue weighted by molar-refractivity contribution is 0.308. The predicted octanol–water partition coefficient (Wildman–Crippen LogP) is 3.33. The van der Waals surface area contributed by atoms with Gasteiger partial charge in [-0.3, -0.25) is 9.30 Å². The molecule has 0 aliphatic carbocycles. The molecule has 1 atom stereocenters. The summed E-state index contributed by atoms with van der Waals surface area (Å²) in [6.45, 7) is 8.00. The highest BCUT2D eigenvalue weighted by Crippen LogP contribution is 2.24. The number of imidazole rings is 1. The van der Waals surface area contributed by atoms with Crippen molar-refractivity contribution in [1.82, 2.24) is 14.3 Å². The highest BCUT2D eigenvalue weighted by atomic mass is 32.1. The van der Waals surface area contributed by atoms with Gasteiger partial charge in [0.05, 0.1) is 11.4 Å². The molecule has 1 saturated heterocycles. The molecule has 0 bridgehead atoms. The Balaban J connectivity index is 1.73. The van der Waals surface area contributed by atoms with Crippen LogP contribution in [0.3, 0.4) is 0 Å². The summed E-state index contributed by atoms with van der Waals surface area (Å²) in [5.41, 5.74) is 2.57. The van der Waals surface area contributed by atoms with E-state index in [1.54, 1.807) is 11.3 Å². The first kappa shape index (κ1) is 12.2. The normalized spacial score (nSPS) is 21.1. The van der Waals surface area contributed by atoms with E-state index in [4.69, 9.17) is 0 Å². The van der Waals surface area contributed by atoms with E-state index >= 15 is 0 Å². The lowest BCUT2D eigenvalue weighted by Crippen LogP contribution is -2.21. The van der Waals surface area contributed by atoms with Crippen molar-refractivity contribution in [2.75, 3.05) is 13.1 Å². The van der Waals surface area contributed by atoms with Crippen molar-refractivity contribution in [3.63, 3.8) is 0 Å². The summed E-state index contributed by atoms with van der Waals surface area (Å²) in [6.07, 6.45) is 6.22. The second-order valence-electron chi connectivity index (χ2n) is 5.38. The Morgan fingerprint density at radius 3 is 3.22 bits per heavy atom. The van der Waals surface area contributed by atoms with E-state index < -0.39 is 0 Å². The molecule has 1 aliphatic rings. The van der Waals surface area contributed by atoms with Gasteiger partial charge in [-0.2, -0.15) is 0 Å². The third-order valence-electron chi connectivity index (χ3n) is 4.00. The van der Waals surface area contributed by atoms with E-state index in [1.165, 1.54) is 43.7 Å². The molecule has 18 heavy (non-hydrogen) atoms. The second-order valence-corrected chi connectivity index (χ2v) is 6.25. The lowest BCUT2D eigenvalue weighted by atomic mass is 10.0. The monoisotopic (exact) mass is 263 g/mol. The lowest BCUT2D eigenvalue weighted by Gasteiger charge is -2.15. The smallest absolute Gasteiger partial charge is 0.194 e. The van der Waals surface area contributed by atoms with E-state index in [2.05, 4.69) is 39.7 Å². The summed E-state index contributed by atoms with van der Waals surface area (Å²) in [7, 11) is 0. The van der Waals surface area contributed by atoms with Crippen molar-refractivity contribution in [2.45, 2.75) is 39.7 Å². The number of rotatable bonds is 4. The Bertz CT molecular complexity index is 528. The largest absolute Gasteiger partial charge is 0.297 e. The first-order valence-electron chi connectivity index (χ1n) is 6.91. The van der Waals surface area contributed by atoms with Crippen molar-refractivity contribution < 1.29 is 0 Å². The molecule has 0 spiro atoms. The molecule has 0 amide bonds. The molecule has 0 saturated carbocycles. The molecule has 0 radical (unpaired) electrons. The molecular weight excluding hydrogens is 242 g/mol. The summed E-state index contributed by atoms with van der Waals surface area (Å²) < 4.78 is 2.26. The van der Waals surface area contributed by atoms with Crippen LogP contribution in [0.4, 0.5) is 0 Å². The summed E-state index contributed by atoms with van der Waals surface area (Å²) >= 11 is 1.72. The van der Waals surface area contributed by atoms with Crippen molar-refractivity contribution in [1.29, 1.82) is 0 Å². The Morgan fingerprint density at radius 2 is 2.39 bits per heavy atom. The fourth-order valence-electron chi connectivity index (χ4n) is 3.04. The van der Waals surface area contributed by atoms with E-state index in [9.17, 15) is 0 Å². The molecule has 2 aromatic rings. The quantitative estimate of drug-likeness (QED) is 0.843. The van der Waals surface area contributed by atoms with Crippen LogP contribution in [0.2, 0.25) is 0 Å². The van der Waals surface area contributed by atoms with Gasteiger partial charge < -0.3 is 0 Å². The fraction of sp³-hybridized carbons (Fsp3) is 0.643. The summed E-state index contributed by atoms with van der Waals surface area (Å²) in [5.74, 6) is 0.918. The van der Waals surface area contributed by atoms with Crippen molar-refractivity contribution in [2.24, 2.45) is 5.92 Å². The van der Waals surface area contributed by atoms with E-state index in [-0.39, 0.29) is 0 Å². The number of aryl methyl sites for hydroxylation is 1. The number of likely N-dealkylation sites (tertiary alicyclic amines) is 1. The summed E-state index contributed by atoms with van der Waals surface area (Å²) in [4.78, 5) is 8.35. The van der Waals surface area contributed by atoms with E-state index in [1.807, 2.05) is 0 Å². The molecule has 3 heterocycles. The van der Waals surface area contributed by atoms with Crippen LogP contribution in [0.5, 0.6) is 0 Å². The van der Waals surface area contributed by atoms with Crippen LogP contribution in [0, 0.1) is 12.8 Å². The second kappa shape index (κ2) is 5.02. The van der Waals surface area contributed by atoms with Gasteiger partial charge >= 0.3 is 0 Å². The minimum absolute atomic E-state index is 0.918. The highest BCUT2D eigenvalue weighted by molar-refractivity contribution is 7.15. The van der Waals surface area contributed by atoms with Gasteiger partial charge in [0.15, 0.2) is 4.96 Å². The van der Waals surface area contributed by atoms with Crippen molar-refractivity contribution in [3.8, 4) is 0 Å². The molecule has 0 aromatic carbocycles. The van der Waals surface area contributed by atoms with Crippen LogP contribution < -0.4 is 0 Å². The first-order chi connectivity index (χ1) is 8.78. The number of hydrogen-bond acceptors (Lipinski definition) is 3. The van der Waals surface area contributed by atoms with Gasteiger partial charge in [-0.1, -0.05) is 13.3 Å². The number of aromatic nitrogens is 2. The van der Waals surface area contributed by atoms with Crippen molar-refractivity contribution >= 4 is 16.3 Å². The zero-order valence-electron chi connectivity index (χ0n) is 11.2. The topological polar surface area (TPSA) is 20.5 Å².